The van der Waals surface area contributed by atoms with Crippen LogP contribution in [0.1, 0.15) is 17.4 Å². The Morgan fingerprint density at radius 2 is 1.95 bits per heavy atom. The molecule has 20 heavy (non-hydrogen) atoms. The first kappa shape index (κ1) is 14.6. The Morgan fingerprint density at radius 1 is 1.20 bits per heavy atom. The van der Waals surface area contributed by atoms with Crippen LogP contribution in [-0.4, -0.2) is 30.0 Å². The zero-order valence-electron chi connectivity index (χ0n) is 11.2. The normalized spacial score (nSPS) is 13.9. The van der Waals surface area contributed by atoms with E-state index in [1.165, 1.54) is 6.26 Å². The highest BCUT2D eigenvalue weighted by atomic mass is 16.5. The van der Waals surface area contributed by atoms with Gasteiger partial charge in [-0.3, -0.25) is 0 Å². The summed E-state index contributed by atoms with van der Waals surface area (Å²) in [4.78, 5) is 0. The summed E-state index contributed by atoms with van der Waals surface area (Å²) in [6.07, 6.45) is -0.222. The second-order valence-corrected chi connectivity index (χ2v) is 4.35. The van der Waals surface area contributed by atoms with Gasteiger partial charge in [-0.05, 0) is 29.8 Å². The highest BCUT2D eigenvalue weighted by Crippen LogP contribution is 2.24. The van der Waals surface area contributed by atoms with Crippen LogP contribution >= 0.6 is 0 Å². The minimum Gasteiger partial charge on any atom is -0.497 e. The van der Waals surface area contributed by atoms with Crippen molar-refractivity contribution in [1.82, 2.24) is 0 Å². The van der Waals surface area contributed by atoms with Crippen LogP contribution in [0.2, 0.25) is 0 Å². The van der Waals surface area contributed by atoms with E-state index in [2.05, 4.69) is 0 Å². The number of hydrogen-bond acceptors (Lipinski definition) is 5. The Kier molecular flexibility index (Phi) is 5.17. The van der Waals surface area contributed by atoms with Crippen molar-refractivity contribution in [3.63, 3.8) is 0 Å². The Bertz CT molecular complexity index is 491. The molecule has 0 aliphatic rings. The summed E-state index contributed by atoms with van der Waals surface area (Å²) in [5, 5.41) is 18.9. The van der Waals surface area contributed by atoms with Gasteiger partial charge in [-0.1, -0.05) is 12.1 Å². The van der Waals surface area contributed by atoms with E-state index in [1.54, 1.807) is 19.2 Å². The number of methoxy groups -OCH3 is 1. The average molecular weight is 278 g/mol. The fourth-order valence-electron chi connectivity index (χ4n) is 1.84. The zero-order valence-corrected chi connectivity index (χ0v) is 11.2. The van der Waals surface area contributed by atoms with E-state index in [-0.39, 0.29) is 0 Å². The molecule has 0 bridgehead atoms. The molecule has 2 N–H and O–H groups in total. The summed E-state index contributed by atoms with van der Waals surface area (Å²) >= 11 is 0. The van der Waals surface area contributed by atoms with Crippen molar-refractivity contribution >= 4 is 0 Å². The Balaban J connectivity index is 2.01. The molecule has 0 fully saturated rings. The second-order valence-electron chi connectivity index (χ2n) is 4.35. The molecule has 0 unspecified atom stereocenters. The van der Waals surface area contributed by atoms with Crippen molar-refractivity contribution in [1.29, 1.82) is 0 Å². The third-order valence-electron chi connectivity index (χ3n) is 2.95. The van der Waals surface area contributed by atoms with Gasteiger partial charge in [0.25, 0.3) is 0 Å². The minimum absolute atomic E-state index is 0.298. The van der Waals surface area contributed by atoms with E-state index >= 15 is 0 Å². The molecule has 1 heterocycles. The summed E-state index contributed by atoms with van der Waals surface area (Å²) in [7, 11) is 1.61. The molecule has 0 radical (unpaired) electrons. The van der Waals surface area contributed by atoms with E-state index in [1.807, 2.05) is 24.3 Å². The van der Waals surface area contributed by atoms with Gasteiger partial charge in [-0.15, -0.1) is 0 Å². The van der Waals surface area contributed by atoms with E-state index < -0.39 is 18.8 Å². The van der Waals surface area contributed by atoms with Crippen molar-refractivity contribution in [2.75, 3.05) is 13.7 Å². The molecule has 5 heteroatoms. The maximum atomic E-state index is 9.79. The lowest BCUT2D eigenvalue weighted by Crippen LogP contribution is -2.24. The van der Waals surface area contributed by atoms with Crippen LogP contribution in [0.4, 0.5) is 0 Å². The quantitative estimate of drug-likeness (QED) is 0.809. The highest BCUT2D eigenvalue weighted by molar-refractivity contribution is 5.26. The number of benzene rings is 1. The number of aliphatic hydroxyl groups is 2. The predicted octanol–water partition coefficient (Wildman–Crippen LogP) is 1.90. The number of aliphatic hydroxyl groups excluding tert-OH is 2. The number of furan rings is 1. The maximum Gasteiger partial charge on any atom is 0.144 e. The lowest BCUT2D eigenvalue weighted by molar-refractivity contribution is -0.0764. The first-order valence-electron chi connectivity index (χ1n) is 6.31. The Hall–Kier alpha value is -1.82. The van der Waals surface area contributed by atoms with E-state index in [9.17, 15) is 5.11 Å². The van der Waals surface area contributed by atoms with Gasteiger partial charge >= 0.3 is 0 Å². The Morgan fingerprint density at radius 3 is 2.50 bits per heavy atom. The predicted molar refractivity (Wildman–Crippen MR) is 72.3 cm³/mol. The molecule has 2 rings (SSSR count). The van der Waals surface area contributed by atoms with Crippen LogP contribution < -0.4 is 4.74 Å². The number of ether oxygens (including phenoxy) is 2. The van der Waals surface area contributed by atoms with Crippen LogP contribution in [0, 0.1) is 0 Å². The topological polar surface area (TPSA) is 72.1 Å². The summed E-state index contributed by atoms with van der Waals surface area (Å²) < 4.78 is 16.0. The molecule has 1 aromatic carbocycles. The zero-order chi connectivity index (χ0) is 14.4. The standard InChI is InChI=1S/C15H18O5/c1-18-12-6-4-11(5-7-12)10-20-15(13(17)9-16)14-3-2-8-19-14/h2-8,13,15-17H,9-10H2,1H3/t13-,15-/m1/s1. The lowest BCUT2D eigenvalue weighted by Gasteiger charge is -2.20. The third-order valence-corrected chi connectivity index (χ3v) is 2.95. The molecule has 5 nitrogen and oxygen atoms in total. The van der Waals surface area contributed by atoms with Crippen molar-refractivity contribution in [3.05, 3.63) is 54.0 Å². The van der Waals surface area contributed by atoms with Crippen molar-refractivity contribution in [3.8, 4) is 5.75 Å². The molecular weight excluding hydrogens is 260 g/mol. The molecule has 1 aromatic heterocycles. The number of rotatable bonds is 7. The molecule has 2 aromatic rings. The number of hydrogen-bond donors (Lipinski definition) is 2. The molecule has 108 valence electrons. The van der Waals surface area contributed by atoms with E-state index in [0.717, 1.165) is 11.3 Å². The first-order valence-corrected chi connectivity index (χ1v) is 6.31. The second kappa shape index (κ2) is 7.09. The Labute approximate surface area is 117 Å². The van der Waals surface area contributed by atoms with Crippen LogP contribution in [0.3, 0.4) is 0 Å². The summed E-state index contributed by atoms with van der Waals surface area (Å²) in [5.74, 6) is 1.26. The van der Waals surface area contributed by atoms with Gasteiger partial charge < -0.3 is 24.1 Å². The molecule has 0 saturated heterocycles. The van der Waals surface area contributed by atoms with Crippen molar-refractivity contribution in [2.24, 2.45) is 0 Å². The van der Waals surface area contributed by atoms with Crippen LogP contribution in [-0.2, 0) is 11.3 Å². The van der Waals surface area contributed by atoms with E-state index in [0.29, 0.717) is 12.4 Å². The monoisotopic (exact) mass is 278 g/mol. The third kappa shape index (κ3) is 3.60. The van der Waals surface area contributed by atoms with E-state index in [4.69, 9.17) is 19.0 Å². The molecule has 0 aliphatic carbocycles. The molecule has 0 saturated carbocycles. The SMILES string of the molecule is COc1ccc(CO[C@@H](c2ccco2)[C@H](O)CO)cc1. The lowest BCUT2D eigenvalue weighted by atomic mass is 10.1. The fourth-order valence-corrected chi connectivity index (χ4v) is 1.84. The van der Waals surface area contributed by atoms with Gasteiger partial charge in [-0.2, -0.15) is 0 Å². The molecule has 0 aliphatic heterocycles. The molecule has 0 spiro atoms. The molecular formula is C15H18O5. The highest BCUT2D eigenvalue weighted by Gasteiger charge is 2.23. The first-order chi connectivity index (χ1) is 9.74. The van der Waals surface area contributed by atoms with Crippen molar-refractivity contribution < 1.29 is 24.1 Å². The maximum absolute atomic E-state index is 9.79. The van der Waals surface area contributed by atoms with Gasteiger partial charge in [0.1, 0.15) is 23.7 Å². The van der Waals surface area contributed by atoms with Gasteiger partial charge in [-0.25, -0.2) is 0 Å². The van der Waals surface area contributed by atoms with Gasteiger partial charge in [0, 0.05) is 0 Å². The summed E-state index contributed by atoms with van der Waals surface area (Å²) in [5.41, 5.74) is 0.937. The average Bonchev–Trinajstić information content (AvgIpc) is 3.02. The van der Waals surface area contributed by atoms with Crippen molar-refractivity contribution in [2.45, 2.75) is 18.8 Å². The van der Waals surface area contributed by atoms with Crippen LogP contribution in [0.25, 0.3) is 0 Å². The largest absolute Gasteiger partial charge is 0.497 e. The van der Waals surface area contributed by atoms with Gasteiger partial charge in [0.15, 0.2) is 0 Å². The summed E-state index contributed by atoms with van der Waals surface area (Å²) in [6, 6.07) is 10.8. The molecule has 2 atom stereocenters. The van der Waals surface area contributed by atoms with Crippen LogP contribution in [0.15, 0.2) is 47.1 Å². The van der Waals surface area contributed by atoms with Gasteiger partial charge in [0.2, 0.25) is 0 Å². The smallest absolute Gasteiger partial charge is 0.144 e. The van der Waals surface area contributed by atoms with Gasteiger partial charge in [0.05, 0.1) is 26.6 Å². The minimum atomic E-state index is -1.03. The fraction of sp³-hybridized carbons (Fsp3) is 0.333. The molecule has 0 amide bonds. The van der Waals surface area contributed by atoms with Crippen LogP contribution in [0.5, 0.6) is 5.75 Å². The summed E-state index contributed by atoms with van der Waals surface area (Å²) in [6.45, 7) is -0.0968.